The maximum atomic E-state index is 4.18. The van der Waals surface area contributed by atoms with E-state index in [1.807, 2.05) is 11.4 Å². The third-order valence-corrected chi connectivity index (χ3v) is 2.88. The zero-order valence-corrected chi connectivity index (χ0v) is 9.73. The van der Waals surface area contributed by atoms with Crippen molar-refractivity contribution in [2.45, 2.75) is 0 Å². The Morgan fingerprint density at radius 2 is 2.43 bits per heavy atom. The summed E-state index contributed by atoms with van der Waals surface area (Å²) in [5.41, 5.74) is 0.979. The van der Waals surface area contributed by atoms with E-state index in [1.165, 1.54) is 0 Å². The van der Waals surface area contributed by atoms with Crippen LogP contribution in [0.15, 0.2) is 28.8 Å². The van der Waals surface area contributed by atoms with Crippen molar-refractivity contribution in [2.75, 3.05) is 11.9 Å². The van der Waals surface area contributed by atoms with Crippen LogP contribution in [0.25, 0.3) is 10.2 Å². The Morgan fingerprint density at radius 3 is 3.21 bits per heavy atom. The summed E-state index contributed by atoms with van der Waals surface area (Å²) in [7, 11) is 0. The lowest BCUT2D eigenvalue weighted by Gasteiger charge is -2.03. The number of hydrogen-bond acceptors (Lipinski definition) is 4. The van der Waals surface area contributed by atoms with E-state index in [-0.39, 0.29) is 0 Å². The Morgan fingerprint density at radius 1 is 1.57 bits per heavy atom. The Bertz CT molecular complexity index is 466. The third kappa shape index (κ3) is 1.93. The second-order valence-electron chi connectivity index (χ2n) is 2.73. The van der Waals surface area contributed by atoms with Gasteiger partial charge in [0.1, 0.15) is 12.1 Å². The first-order valence-corrected chi connectivity index (χ1v) is 5.70. The summed E-state index contributed by atoms with van der Waals surface area (Å²) >= 11 is 4.92. The van der Waals surface area contributed by atoms with Crippen molar-refractivity contribution in [1.82, 2.24) is 9.97 Å². The van der Waals surface area contributed by atoms with Crippen LogP contribution in [-0.4, -0.2) is 16.5 Å². The quantitative estimate of drug-likeness (QED) is 0.931. The molecule has 0 saturated heterocycles. The monoisotopic (exact) mass is 269 g/mol. The van der Waals surface area contributed by atoms with Crippen LogP contribution >= 0.6 is 27.3 Å². The van der Waals surface area contributed by atoms with Gasteiger partial charge in [0.2, 0.25) is 0 Å². The Hall–Kier alpha value is -0.940. The molecule has 0 aliphatic carbocycles. The van der Waals surface area contributed by atoms with E-state index in [4.69, 9.17) is 0 Å². The molecule has 2 heterocycles. The topological polar surface area (TPSA) is 37.8 Å². The molecule has 0 amide bonds. The predicted molar refractivity (Wildman–Crippen MR) is 64.0 cm³/mol. The highest BCUT2D eigenvalue weighted by Crippen LogP contribution is 2.24. The third-order valence-electron chi connectivity index (χ3n) is 1.69. The first-order valence-electron chi connectivity index (χ1n) is 4.03. The van der Waals surface area contributed by atoms with Crippen LogP contribution in [0.4, 0.5) is 5.82 Å². The number of hydrogen-bond donors (Lipinski definition) is 1. The van der Waals surface area contributed by atoms with Gasteiger partial charge in [0.15, 0.2) is 0 Å². The lowest BCUT2D eigenvalue weighted by Crippen LogP contribution is -2.02. The highest BCUT2D eigenvalue weighted by molar-refractivity contribution is 9.11. The molecule has 0 radical (unpaired) electrons. The van der Waals surface area contributed by atoms with E-state index in [0.717, 1.165) is 20.5 Å². The fraction of sp³-hybridized carbons (Fsp3) is 0.111. The van der Waals surface area contributed by atoms with Gasteiger partial charge in [0.25, 0.3) is 0 Å². The van der Waals surface area contributed by atoms with Gasteiger partial charge in [-0.1, -0.05) is 22.5 Å². The van der Waals surface area contributed by atoms with Gasteiger partial charge in [0, 0.05) is 11.0 Å². The van der Waals surface area contributed by atoms with Crippen LogP contribution in [0.2, 0.25) is 0 Å². The second kappa shape index (κ2) is 4.06. The molecule has 0 saturated carbocycles. The van der Waals surface area contributed by atoms with Gasteiger partial charge in [-0.2, -0.15) is 0 Å². The fourth-order valence-electron chi connectivity index (χ4n) is 1.09. The van der Waals surface area contributed by atoms with Crippen molar-refractivity contribution >= 4 is 43.3 Å². The predicted octanol–water partition coefficient (Wildman–Crippen LogP) is 3.01. The molecule has 3 nitrogen and oxygen atoms in total. The fourth-order valence-corrected chi connectivity index (χ4v) is 2.05. The molecule has 1 N–H and O–H groups in total. The molecule has 72 valence electrons. The van der Waals surface area contributed by atoms with E-state index in [1.54, 1.807) is 17.7 Å². The average Bonchev–Trinajstić information content (AvgIpc) is 2.62. The van der Waals surface area contributed by atoms with Gasteiger partial charge in [-0.3, -0.25) is 0 Å². The van der Waals surface area contributed by atoms with E-state index in [2.05, 4.69) is 37.8 Å². The van der Waals surface area contributed by atoms with Crippen LogP contribution in [-0.2, 0) is 0 Å². The number of anilines is 1. The van der Waals surface area contributed by atoms with Crippen molar-refractivity contribution in [3.05, 3.63) is 28.8 Å². The van der Waals surface area contributed by atoms with Gasteiger partial charge in [-0.25, -0.2) is 9.97 Å². The standard InChI is InChI=1S/C9H8BrN3S/c1-6(10)4-11-9-8-7(2-3-14-8)12-5-13-9/h2-3,5H,1,4H2,(H,11,12,13). The number of thiophene rings is 1. The normalized spacial score (nSPS) is 10.4. The largest absolute Gasteiger partial charge is 0.364 e. The summed E-state index contributed by atoms with van der Waals surface area (Å²) in [4.78, 5) is 8.33. The van der Waals surface area contributed by atoms with Crippen molar-refractivity contribution in [2.24, 2.45) is 0 Å². The molecule has 2 aromatic heterocycles. The Balaban J connectivity index is 2.32. The molecule has 0 fully saturated rings. The summed E-state index contributed by atoms with van der Waals surface area (Å²) < 4.78 is 1.99. The van der Waals surface area contributed by atoms with E-state index in [0.29, 0.717) is 6.54 Å². The lowest BCUT2D eigenvalue weighted by molar-refractivity contribution is 1.19. The van der Waals surface area contributed by atoms with Crippen LogP contribution in [0.5, 0.6) is 0 Å². The van der Waals surface area contributed by atoms with Crippen molar-refractivity contribution < 1.29 is 0 Å². The van der Waals surface area contributed by atoms with Gasteiger partial charge in [0.05, 0.1) is 10.2 Å². The zero-order valence-electron chi connectivity index (χ0n) is 7.33. The molecule has 0 bridgehead atoms. The minimum atomic E-state index is 0.671. The number of aromatic nitrogens is 2. The second-order valence-corrected chi connectivity index (χ2v) is 4.77. The number of rotatable bonds is 3. The van der Waals surface area contributed by atoms with Crippen molar-refractivity contribution in [1.29, 1.82) is 0 Å². The highest BCUT2D eigenvalue weighted by Gasteiger charge is 2.03. The van der Waals surface area contributed by atoms with Crippen LogP contribution in [0.1, 0.15) is 0 Å². The molecule has 0 atom stereocenters. The first-order chi connectivity index (χ1) is 6.77. The molecule has 0 spiro atoms. The SMILES string of the molecule is C=C(Br)CNc1ncnc2ccsc12. The Kier molecular flexibility index (Phi) is 2.79. The van der Waals surface area contributed by atoms with Crippen molar-refractivity contribution in [3.8, 4) is 0 Å². The maximum absolute atomic E-state index is 4.18. The van der Waals surface area contributed by atoms with Gasteiger partial charge < -0.3 is 5.32 Å². The molecule has 0 unspecified atom stereocenters. The Labute approximate surface area is 94.0 Å². The molecule has 0 aromatic carbocycles. The number of halogens is 1. The van der Waals surface area contributed by atoms with Gasteiger partial charge in [-0.15, -0.1) is 11.3 Å². The number of fused-ring (bicyclic) bond motifs is 1. The molecule has 0 aliphatic heterocycles. The van der Waals surface area contributed by atoms with Gasteiger partial charge >= 0.3 is 0 Å². The molecular weight excluding hydrogens is 262 g/mol. The number of nitrogens with one attached hydrogen (secondary N) is 1. The minimum absolute atomic E-state index is 0.671. The van der Waals surface area contributed by atoms with Gasteiger partial charge in [-0.05, 0) is 11.4 Å². The zero-order chi connectivity index (χ0) is 9.97. The first kappa shape index (κ1) is 9.61. The van der Waals surface area contributed by atoms with Crippen LogP contribution < -0.4 is 5.32 Å². The highest BCUT2D eigenvalue weighted by atomic mass is 79.9. The van der Waals surface area contributed by atoms with E-state index < -0.39 is 0 Å². The summed E-state index contributed by atoms with van der Waals surface area (Å²) in [5, 5.41) is 5.19. The molecule has 2 aromatic rings. The molecule has 0 aliphatic rings. The smallest absolute Gasteiger partial charge is 0.147 e. The van der Waals surface area contributed by atoms with E-state index >= 15 is 0 Å². The lowest BCUT2D eigenvalue weighted by atomic mass is 10.4. The number of nitrogens with zero attached hydrogens (tertiary/aromatic N) is 2. The molecule has 2 rings (SSSR count). The molecule has 5 heteroatoms. The summed E-state index contributed by atoms with van der Waals surface area (Å²) in [6.07, 6.45) is 1.56. The summed E-state index contributed by atoms with van der Waals surface area (Å²) in [6, 6.07) is 1.98. The van der Waals surface area contributed by atoms with E-state index in [9.17, 15) is 0 Å². The minimum Gasteiger partial charge on any atom is -0.364 e. The molecular formula is C9H8BrN3S. The molecule has 14 heavy (non-hydrogen) atoms. The summed E-state index contributed by atoms with van der Waals surface area (Å²) in [6.45, 7) is 4.42. The van der Waals surface area contributed by atoms with Crippen LogP contribution in [0, 0.1) is 0 Å². The van der Waals surface area contributed by atoms with Crippen LogP contribution in [0.3, 0.4) is 0 Å². The summed E-state index contributed by atoms with van der Waals surface area (Å²) in [5.74, 6) is 0.866. The average molecular weight is 270 g/mol. The maximum Gasteiger partial charge on any atom is 0.147 e. The van der Waals surface area contributed by atoms with Crippen molar-refractivity contribution in [3.63, 3.8) is 0 Å².